The van der Waals surface area contributed by atoms with E-state index < -0.39 is 0 Å². The number of anilines is 1. The first-order valence-corrected chi connectivity index (χ1v) is 10.4. The maximum atomic E-state index is 11.1. The lowest BCUT2D eigenvalue weighted by Gasteiger charge is -2.12. The number of nitrogens with one attached hydrogen (secondary N) is 3. The minimum absolute atomic E-state index is 0. The molecule has 3 N–H and O–H groups in total. The van der Waals surface area contributed by atoms with Crippen molar-refractivity contribution < 1.29 is 9.53 Å². The molecule has 0 spiro atoms. The molecule has 0 aliphatic carbocycles. The number of carbonyl (C=O) groups excluding carboxylic acids is 1. The second kappa shape index (κ2) is 15.0. The van der Waals surface area contributed by atoms with Gasteiger partial charge in [0.05, 0.1) is 6.54 Å². The van der Waals surface area contributed by atoms with Crippen molar-refractivity contribution in [2.24, 2.45) is 4.99 Å². The second-order valence-corrected chi connectivity index (χ2v) is 7.07. The van der Waals surface area contributed by atoms with Crippen LogP contribution >= 0.6 is 35.7 Å². The average molecular weight is 528 g/mol. The highest BCUT2D eigenvalue weighted by molar-refractivity contribution is 14.0. The Kier molecular flexibility index (Phi) is 13.0. The van der Waals surface area contributed by atoms with Crippen LogP contribution in [0.4, 0.5) is 5.69 Å². The van der Waals surface area contributed by atoms with Crippen LogP contribution in [-0.4, -0.2) is 43.9 Å². The van der Waals surface area contributed by atoms with Gasteiger partial charge < -0.3 is 20.7 Å². The molecule has 0 heterocycles. The van der Waals surface area contributed by atoms with E-state index in [-0.39, 0.29) is 29.9 Å². The molecule has 0 saturated heterocycles. The second-order valence-electron chi connectivity index (χ2n) is 5.91. The predicted molar refractivity (Wildman–Crippen MR) is 133 cm³/mol. The van der Waals surface area contributed by atoms with E-state index in [0.29, 0.717) is 18.9 Å². The van der Waals surface area contributed by atoms with Gasteiger partial charge in [-0.25, -0.2) is 4.99 Å². The third-order valence-corrected chi connectivity index (χ3v) is 4.55. The van der Waals surface area contributed by atoms with E-state index >= 15 is 0 Å². The van der Waals surface area contributed by atoms with Crippen molar-refractivity contribution in [3.63, 3.8) is 0 Å². The first kappa shape index (κ1) is 25.1. The number of rotatable bonds is 10. The third-order valence-electron chi connectivity index (χ3n) is 3.54. The molecule has 8 heteroatoms. The SMILES string of the molecule is CCNC(=NCCOc1cccc(NC(C)=O)c1)NCCSc1ccccc1.I. The van der Waals surface area contributed by atoms with Crippen LogP contribution in [0, 0.1) is 0 Å². The fourth-order valence-electron chi connectivity index (χ4n) is 2.38. The van der Waals surface area contributed by atoms with Crippen molar-refractivity contribution >= 4 is 53.3 Å². The number of aliphatic imine (C=N–C) groups is 1. The van der Waals surface area contributed by atoms with E-state index in [1.54, 1.807) is 6.07 Å². The lowest BCUT2D eigenvalue weighted by molar-refractivity contribution is -0.114. The van der Waals surface area contributed by atoms with Crippen molar-refractivity contribution in [3.05, 3.63) is 54.6 Å². The number of hydrogen-bond donors (Lipinski definition) is 3. The van der Waals surface area contributed by atoms with Crippen molar-refractivity contribution in [2.75, 3.05) is 37.3 Å². The van der Waals surface area contributed by atoms with Crippen LogP contribution in [0.3, 0.4) is 0 Å². The summed E-state index contributed by atoms with van der Waals surface area (Å²) in [5.41, 5.74) is 0.722. The summed E-state index contributed by atoms with van der Waals surface area (Å²) in [6.07, 6.45) is 0. The highest BCUT2D eigenvalue weighted by Gasteiger charge is 2.00. The zero-order valence-electron chi connectivity index (χ0n) is 16.8. The lowest BCUT2D eigenvalue weighted by atomic mass is 10.3. The standard InChI is InChI=1S/C21H28N4O2S.HI/c1-3-22-21(24-13-15-28-20-10-5-4-6-11-20)23-12-14-27-19-9-7-8-18(16-19)25-17(2)26;/h4-11,16H,3,12-15H2,1-2H3,(H,25,26)(H2,22,23,24);1H. The van der Waals surface area contributed by atoms with E-state index in [9.17, 15) is 4.79 Å². The number of amides is 1. The third kappa shape index (κ3) is 11.0. The number of benzene rings is 2. The van der Waals surface area contributed by atoms with E-state index in [2.05, 4.69) is 33.1 Å². The smallest absolute Gasteiger partial charge is 0.221 e. The fraction of sp³-hybridized carbons (Fsp3) is 0.333. The number of thioether (sulfide) groups is 1. The molecule has 0 unspecified atom stereocenters. The molecule has 0 atom stereocenters. The maximum Gasteiger partial charge on any atom is 0.221 e. The molecule has 0 bridgehead atoms. The van der Waals surface area contributed by atoms with Crippen LogP contribution in [-0.2, 0) is 4.79 Å². The van der Waals surface area contributed by atoms with Gasteiger partial charge in [0.15, 0.2) is 5.96 Å². The zero-order chi connectivity index (χ0) is 20.0. The van der Waals surface area contributed by atoms with E-state index in [4.69, 9.17) is 4.74 Å². The Morgan fingerprint density at radius 1 is 1.10 bits per heavy atom. The Morgan fingerprint density at radius 3 is 2.62 bits per heavy atom. The van der Waals surface area contributed by atoms with Gasteiger partial charge in [0, 0.05) is 42.4 Å². The Balaban J connectivity index is 0.00000420. The van der Waals surface area contributed by atoms with E-state index in [1.807, 2.05) is 55.1 Å². The molecule has 29 heavy (non-hydrogen) atoms. The first-order chi connectivity index (χ1) is 13.7. The summed E-state index contributed by atoms with van der Waals surface area (Å²) < 4.78 is 5.72. The van der Waals surface area contributed by atoms with Gasteiger partial charge in [-0.2, -0.15) is 0 Å². The minimum Gasteiger partial charge on any atom is -0.492 e. The normalized spacial score (nSPS) is 10.6. The average Bonchev–Trinajstić information content (AvgIpc) is 2.69. The maximum absolute atomic E-state index is 11.1. The highest BCUT2D eigenvalue weighted by atomic mass is 127. The van der Waals surface area contributed by atoms with Gasteiger partial charge in [-0.15, -0.1) is 35.7 Å². The number of guanidine groups is 1. The summed E-state index contributed by atoms with van der Waals surface area (Å²) in [7, 11) is 0. The van der Waals surface area contributed by atoms with Crippen LogP contribution < -0.4 is 20.7 Å². The van der Waals surface area contributed by atoms with Crippen LogP contribution in [0.15, 0.2) is 64.5 Å². The summed E-state index contributed by atoms with van der Waals surface area (Å²) in [5.74, 6) is 2.35. The zero-order valence-corrected chi connectivity index (χ0v) is 20.0. The summed E-state index contributed by atoms with van der Waals surface area (Å²) in [4.78, 5) is 16.9. The van der Waals surface area contributed by atoms with Gasteiger partial charge in [0.1, 0.15) is 12.4 Å². The Bertz CT molecular complexity index is 759. The molecule has 0 saturated carbocycles. The molecule has 2 aromatic carbocycles. The van der Waals surface area contributed by atoms with Crippen LogP contribution in [0.1, 0.15) is 13.8 Å². The van der Waals surface area contributed by atoms with Crippen LogP contribution in [0.25, 0.3) is 0 Å². The van der Waals surface area contributed by atoms with Gasteiger partial charge in [0.2, 0.25) is 5.91 Å². The van der Waals surface area contributed by atoms with Crippen molar-refractivity contribution in [2.45, 2.75) is 18.7 Å². The number of hydrogen-bond acceptors (Lipinski definition) is 4. The van der Waals surface area contributed by atoms with Crippen molar-refractivity contribution in [3.8, 4) is 5.75 Å². The van der Waals surface area contributed by atoms with Crippen LogP contribution in [0.5, 0.6) is 5.75 Å². The van der Waals surface area contributed by atoms with Crippen molar-refractivity contribution in [1.82, 2.24) is 10.6 Å². The van der Waals surface area contributed by atoms with Gasteiger partial charge in [-0.3, -0.25) is 4.79 Å². The van der Waals surface area contributed by atoms with Gasteiger partial charge in [0.25, 0.3) is 0 Å². The quantitative estimate of drug-likeness (QED) is 0.143. The minimum atomic E-state index is -0.103. The predicted octanol–water partition coefficient (Wildman–Crippen LogP) is 3.99. The molecule has 158 valence electrons. The lowest BCUT2D eigenvalue weighted by Crippen LogP contribution is -2.38. The summed E-state index contributed by atoms with van der Waals surface area (Å²) in [5, 5.41) is 9.32. The molecule has 1 amide bonds. The van der Waals surface area contributed by atoms with E-state index in [0.717, 1.165) is 30.5 Å². The number of carbonyl (C=O) groups is 1. The Morgan fingerprint density at radius 2 is 1.90 bits per heavy atom. The Labute approximate surface area is 194 Å². The van der Waals surface area contributed by atoms with Crippen LogP contribution in [0.2, 0.25) is 0 Å². The van der Waals surface area contributed by atoms with Crippen molar-refractivity contribution in [1.29, 1.82) is 0 Å². The molecular weight excluding hydrogens is 499 g/mol. The molecular formula is C21H29IN4O2S. The molecule has 0 aliphatic heterocycles. The molecule has 2 aromatic rings. The molecule has 0 radical (unpaired) electrons. The van der Waals surface area contributed by atoms with E-state index in [1.165, 1.54) is 11.8 Å². The molecule has 6 nitrogen and oxygen atoms in total. The fourth-order valence-corrected chi connectivity index (χ4v) is 3.17. The van der Waals surface area contributed by atoms with Gasteiger partial charge in [-0.05, 0) is 31.2 Å². The molecule has 0 aromatic heterocycles. The molecule has 0 aliphatic rings. The number of nitrogens with zero attached hydrogens (tertiary/aromatic N) is 1. The number of ether oxygens (including phenoxy) is 1. The first-order valence-electron chi connectivity index (χ1n) is 9.38. The monoisotopic (exact) mass is 528 g/mol. The highest BCUT2D eigenvalue weighted by Crippen LogP contribution is 2.17. The molecule has 0 fully saturated rings. The Hall–Kier alpha value is -1.94. The van der Waals surface area contributed by atoms with Gasteiger partial charge >= 0.3 is 0 Å². The van der Waals surface area contributed by atoms with Gasteiger partial charge in [-0.1, -0.05) is 24.3 Å². The summed E-state index contributed by atoms with van der Waals surface area (Å²) in [6, 6.07) is 17.7. The summed E-state index contributed by atoms with van der Waals surface area (Å²) in [6.45, 7) is 6.14. The largest absolute Gasteiger partial charge is 0.492 e. The summed E-state index contributed by atoms with van der Waals surface area (Å²) >= 11 is 1.81. The molecule has 2 rings (SSSR count). The topological polar surface area (TPSA) is 74.8 Å². The number of halogens is 1.